The van der Waals surface area contributed by atoms with E-state index >= 15 is 0 Å². The molecule has 0 aromatic heterocycles. The summed E-state index contributed by atoms with van der Waals surface area (Å²) in [7, 11) is 0. The first-order valence-electron chi connectivity index (χ1n) is 7.45. The van der Waals surface area contributed by atoms with Gasteiger partial charge in [0.2, 0.25) is 0 Å². The summed E-state index contributed by atoms with van der Waals surface area (Å²) < 4.78 is 5.00. The van der Waals surface area contributed by atoms with Crippen LogP contribution in [0.1, 0.15) is 12.5 Å². The maximum absolute atomic E-state index is 12.0. The average molecular weight is 340 g/mol. The predicted octanol–water partition coefficient (Wildman–Crippen LogP) is 3.18. The molecule has 0 saturated carbocycles. The molecule has 1 atom stereocenters. The summed E-state index contributed by atoms with van der Waals surface area (Å²) in [4.78, 5) is 34.1. The van der Waals surface area contributed by atoms with Crippen LogP contribution in [0.15, 0.2) is 60.7 Å². The number of amides is 1. The zero-order chi connectivity index (χ0) is 18.2. The lowest BCUT2D eigenvalue weighted by Gasteiger charge is -2.12. The van der Waals surface area contributed by atoms with Crippen molar-refractivity contribution >= 4 is 29.3 Å². The van der Waals surface area contributed by atoms with E-state index in [2.05, 4.69) is 5.32 Å². The summed E-state index contributed by atoms with van der Waals surface area (Å²) in [6.45, 7) is 1.44. The van der Waals surface area contributed by atoms with Crippen LogP contribution in [0.2, 0.25) is 0 Å². The second-order valence-corrected chi connectivity index (χ2v) is 5.08. The first kappa shape index (κ1) is 17.9. The monoisotopic (exact) mass is 340 g/mol. The Balaban J connectivity index is 1.95. The van der Waals surface area contributed by atoms with Gasteiger partial charge in [0.15, 0.2) is 6.10 Å². The molecule has 2 rings (SSSR count). The van der Waals surface area contributed by atoms with Crippen LogP contribution in [0.4, 0.5) is 11.4 Å². The van der Waals surface area contributed by atoms with Crippen molar-refractivity contribution in [1.82, 2.24) is 0 Å². The lowest BCUT2D eigenvalue weighted by atomic mass is 10.1. The van der Waals surface area contributed by atoms with Gasteiger partial charge in [0.05, 0.1) is 10.5 Å². The number of hydrogen-bond donors (Lipinski definition) is 1. The minimum Gasteiger partial charge on any atom is -0.449 e. The van der Waals surface area contributed by atoms with E-state index in [0.717, 1.165) is 6.08 Å². The number of nitro groups is 1. The third-order valence-electron chi connectivity index (χ3n) is 3.24. The average Bonchev–Trinajstić information content (AvgIpc) is 2.61. The fourth-order valence-corrected chi connectivity index (χ4v) is 1.98. The standard InChI is InChI=1S/C18H16N2O5/c1-13(18(22)19-15-8-3-2-4-9-15)25-17(21)12-11-14-7-5-6-10-16(14)20(23)24/h2-13H,1H3,(H,19,22)/b12-11+/t13-/m0/s1. The Morgan fingerprint density at radius 1 is 1.12 bits per heavy atom. The number of nitro benzene ring substituents is 1. The Bertz CT molecular complexity index is 802. The first-order valence-corrected chi connectivity index (χ1v) is 7.45. The highest BCUT2D eigenvalue weighted by Gasteiger charge is 2.17. The summed E-state index contributed by atoms with van der Waals surface area (Å²) in [5, 5.41) is 13.5. The highest BCUT2D eigenvalue weighted by atomic mass is 16.6. The Kier molecular flexibility index (Phi) is 6.00. The van der Waals surface area contributed by atoms with Gasteiger partial charge in [-0.15, -0.1) is 0 Å². The molecular formula is C18H16N2O5. The normalized spacial score (nSPS) is 11.7. The van der Waals surface area contributed by atoms with Gasteiger partial charge in [-0.05, 0) is 31.2 Å². The maximum Gasteiger partial charge on any atom is 0.331 e. The number of nitrogens with one attached hydrogen (secondary N) is 1. The van der Waals surface area contributed by atoms with Crippen LogP contribution in [0.3, 0.4) is 0 Å². The van der Waals surface area contributed by atoms with Crippen molar-refractivity contribution in [3.05, 3.63) is 76.4 Å². The van der Waals surface area contributed by atoms with Crippen molar-refractivity contribution in [1.29, 1.82) is 0 Å². The van der Waals surface area contributed by atoms with Crippen LogP contribution >= 0.6 is 0 Å². The number of rotatable bonds is 6. The minimum absolute atomic E-state index is 0.124. The van der Waals surface area contributed by atoms with E-state index < -0.39 is 22.9 Å². The van der Waals surface area contributed by atoms with Gasteiger partial charge in [-0.3, -0.25) is 14.9 Å². The zero-order valence-electron chi connectivity index (χ0n) is 13.4. The van der Waals surface area contributed by atoms with Gasteiger partial charge in [-0.1, -0.05) is 30.3 Å². The third kappa shape index (κ3) is 5.28. The number of anilines is 1. The fraction of sp³-hybridized carbons (Fsp3) is 0.111. The fourth-order valence-electron chi connectivity index (χ4n) is 1.98. The van der Waals surface area contributed by atoms with Crippen molar-refractivity contribution in [3.8, 4) is 0 Å². The molecule has 7 nitrogen and oxygen atoms in total. The molecule has 0 heterocycles. The number of carbonyl (C=O) groups is 2. The Hall–Kier alpha value is -3.48. The number of para-hydroxylation sites is 2. The summed E-state index contributed by atoms with van der Waals surface area (Å²) >= 11 is 0. The largest absolute Gasteiger partial charge is 0.449 e. The summed E-state index contributed by atoms with van der Waals surface area (Å²) in [6.07, 6.45) is 1.32. The highest BCUT2D eigenvalue weighted by Crippen LogP contribution is 2.19. The van der Waals surface area contributed by atoms with Crippen molar-refractivity contribution in [3.63, 3.8) is 0 Å². The van der Waals surface area contributed by atoms with Gasteiger partial charge in [-0.2, -0.15) is 0 Å². The van der Waals surface area contributed by atoms with Crippen LogP contribution in [0, 0.1) is 10.1 Å². The smallest absolute Gasteiger partial charge is 0.331 e. The van der Waals surface area contributed by atoms with Gasteiger partial charge >= 0.3 is 5.97 Å². The van der Waals surface area contributed by atoms with E-state index in [9.17, 15) is 19.7 Å². The molecule has 0 aliphatic heterocycles. The van der Waals surface area contributed by atoms with Gasteiger partial charge in [0, 0.05) is 17.8 Å². The van der Waals surface area contributed by atoms with Gasteiger partial charge in [0.1, 0.15) is 0 Å². The topological polar surface area (TPSA) is 98.5 Å². The van der Waals surface area contributed by atoms with E-state index in [1.165, 1.54) is 31.2 Å². The van der Waals surface area contributed by atoms with Gasteiger partial charge < -0.3 is 10.1 Å². The van der Waals surface area contributed by atoms with E-state index in [1.807, 2.05) is 6.07 Å². The summed E-state index contributed by atoms with van der Waals surface area (Å²) in [5.41, 5.74) is 0.734. The highest BCUT2D eigenvalue weighted by molar-refractivity contribution is 5.96. The number of carbonyl (C=O) groups excluding carboxylic acids is 2. The molecule has 0 fully saturated rings. The SMILES string of the molecule is C[C@H](OC(=O)/C=C/c1ccccc1[N+](=O)[O-])C(=O)Nc1ccccc1. The maximum atomic E-state index is 12.0. The molecule has 25 heavy (non-hydrogen) atoms. The number of ether oxygens (including phenoxy) is 1. The van der Waals surface area contributed by atoms with Crippen LogP contribution in [0.5, 0.6) is 0 Å². The van der Waals surface area contributed by atoms with Crippen molar-refractivity contribution in [2.24, 2.45) is 0 Å². The van der Waals surface area contributed by atoms with E-state index in [1.54, 1.807) is 30.3 Å². The number of esters is 1. The molecule has 1 N–H and O–H groups in total. The van der Waals surface area contributed by atoms with Crippen LogP contribution in [-0.4, -0.2) is 22.9 Å². The molecule has 2 aromatic rings. The van der Waals surface area contributed by atoms with Crippen LogP contribution < -0.4 is 5.32 Å². The quantitative estimate of drug-likeness (QED) is 0.377. The van der Waals surface area contributed by atoms with Crippen molar-refractivity contribution in [2.75, 3.05) is 5.32 Å². The van der Waals surface area contributed by atoms with Gasteiger partial charge in [-0.25, -0.2) is 4.79 Å². The lowest BCUT2D eigenvalue weighted by Crippen LogP contribution is -2.29. The van der Waals surface area contributed by atoms with Crippen molar-refractivity contribution in [2.45, 2.75) is 13.0 Å². The number of benzene rings is 2. The minimum atomic E-state index is -1.01. The molecule has 0 spiro atoms. The molecule has 1 amide bonds. The van der Waals surface area contributed by atoms with E-state index in [0.29, 0.717) is 5.69 Å². The van der Waals surface area contributed by atoms with Gasteiger partial charge in [0.25, 0.3) is 11.6 Å². The molecule has 0 unspecified atom stereocenters. The predicted molar refractivity (Wildman–Crippen MR) is 92.8 cm³/mol. The summed E-state index contributed by atoms with van der Waals surface area (Å²) in [5.74, 6) is -1.24. The Labute approximate surface area is 144 Å². The van der Waals surface area contributed by atoms with E-state index in [4.69, 9.17) is 4.74 Å². The molecule has 0 saturated heterocycles. The number of hydrogen-bond acceptors (Lipinski definition) is 5. The van der Waals surface area contributed by atoms with Crippen molar-refractivity contribution < 1.29 is 19.2 Å². The molecule has 0 aliphatic carbocycles. The molecule has 0 radical (unpaired) electrons. The molecule has 7 heteroatoms. The molecule has 2 aromatic carbocycles. The van der Waals surface area contributed by atoms with Crippen LogP contribution in [-0.2, 0) is 14.3 Å². The van der Waals surface area contributed by atoms with Crippen LogP contribution in [0.25, 0.3) is 6.08 Å². The Morgan fingerprint density at radius 3 is 2.44 bits per heavy atom. The Morgan fingerprint density at radius 2 is 1.76 bits per heavy atom. The van der Waals surface area contributed by atoms with E-state index in [-0.39, 0.29) is 11.3 Å². The molecule has 0 aliphatic rings. The third-order valence-corrected chi connectivity index (χ3v) is 3.24. The second-order valence-electron chi connectivity index (χ2n) is 5.08. The lowest BCUT2D eigenvalue weighted by molar-refractivity contribution is -0.385. The molecule has 0 bridgehead atoms. The zero-order valence-corrected chi connectivity index (χ0v) is 13.4. The number of nitrogens with zero attached hydrogens (tertiary/aromatic N) is 1. The molecular weight excluding hydrogens is 324 g/mol. The first-order chi connectivity index (χ1) is 12.0. The second kappa shape index (κ2) is 8.39. The molecule has 128 valence electrons. The summed E-state index contributed by atoms with van der Waals surface area (Å²) in [6, 6.07) is 14.8.